The van der Waals surface area contributed by atoms with Crippen molar-refractivity contribution in [3.63, 3.8) is 0 Å². The van der Waals surface area contributed by atoms with Gasteiger partial charge in [0.2, 0.25) is 0 Å². The fourth-order valence-electron chi connectivity index (χ4n) is 2.07. The Labute approximate surface area is 126 Å². The van der Waals surface area contributed by atoms with Crippen LogP contribution in [0.4, 0.5) is 5.69 Å². The molecule has 1 aromatic carbocycles. The SMILES string of the molecule is CN1C(=S)N(c2ccccc2)C(=O)C1=Cc1cccs1. The van der Waals surface area contributed by atoms with Crippen LogP contribution in [0.1, 0.15) is 4.88 Å². The van der Waals surface area contributed by atoms with Crippen molar-refractivity contribution < 1.29 is 4.79 Å². The van der Waals surface area contributed by atoms with Crippen LogP contribution in [0.15, 0.2) is 53.5 Å². The smallest absolute Gasteiger partial charge is 0.281 e. The topological polar surface area (TPSA) is 23.6 Å². The Kier molecular flexibility index (Phi) is 3.38. The van der Waals surface area contributed by atoms with Gasteiger partial charge in [-0.25, -0.2) is 0 Å². The van der Waals surface area contributed by atoms with Gasteiger partial charge >= 0.3 is 0 Å². The molecule has 1 saturated heterocycles. The van der Waals surface area contributed by atoms with E-state index < -0.39 is 0 Å². The van der Waals surface area contributed by atoms with Crippen LogP contribution in [-0.4, -0.2) is 23.0 Å². The molecule has 0 saturated carbocycles. The molecule has 3 nitrogen and oxygen atoms in total. The summed E-state index contributed by atoms with van der Waals surface area (Å²) in [5.41, 5.74) is 1.39. The second-order valence-electron chi connectivity index (χ2n) is 4.36. The van der Waals surface area contributed by atoms with Crippen LogP contribution in [0.25, 0.3) is 6.08 Å². The molecule has 2 heterocycles. The van der Waals surface area contributed by atoms with Gasteiger partial charge < -0.3 is 4.90 Å². The first-order valence-electron chi connectivity index (χ1n) is 6.11. The number of hydrogen-bond acceptors (Lipinski definition) is 3. The number of para-hydroxylation sites is 1. The summed E-state index contributed by atoms with van der Waals surface area (Å²) in [6, 6.07) is 13.4. The Balaban J connectivity index is 2.01. The highest BCUT2D eigenvalue weighted by Gasteiger charge is 2.36. The Morgan fingerprint density at radius 1 is 1.15 bits per heavy atom. The minimum absolute atomic E-state index is 0.0860. The Hall–Kier alpha value is -1.98. The Bertz CT molecular complexity index is 677. The molecule has 0 bridgehead atoms. The molecule has 0 atom stereocenters. The minimum Gasteiger partial charge on any atom is -0.317 e. The number of hydrogen-bond donors (Lipinski definition) is 0. The van der Waals surface area contributed by atoms with Gasteiger partial charge in [0, 0.05) is 11.9 Å². The molecule has 0 N–H and O–H groups in total. The first-order valence-corrected chi connectivity index (χ1v) is 7.39. The molecule has 2 aromatic rings. The number of benzene rings is 1. The first kappa shape index (κ1) is 13.0. The number of anilines is 1. The molecule has 0 aliphatic carbocycles. The van der Waals surface area contributed by atoms with E-state index >= 15 is 0 Å². The summed E-state index contributed by atoms with van der Waals surface area (Å²) < 4.78 is 0. The summed E-state index contributed by atoms with van der Waals surface area (Å²) in [4.78, 5) is 16.9. The average molecular weight is 300 g/mol. The van der Waals surface area contributed by atoms with E-state index in [-0.39, 0.29) is 5.91 Å². The number of rotatable bonds is 2. The van der Waals surface area contributed by atoms with Crippen molar-refractivity contribution in [1.29, 1.82) is 0 Å². The third-order valence-electron chi connectivity index (χ3n) is 3.10. The number of carbonyl (C=O) groups excluding carboxylic acids is 1. The number of nitrogens with zero attached hydrogens (tertiary/aromatic N) is 2. The zero-order valence-electron chi connectivity index (χ0n) is 10.8. The average Bonchev–Trinajstić information content (AvgIpc) is 3.04. The third-order valence-corrected chi connectivity index (χ3v) is 4.37. The molecule has 20 heavy (non-hydrogen) atoms. The quantitative estimate of drug-likeness (QED) is 0.628. The monoisotopic (exact) mass is 300 g/mol. The van der Waals surface area contributed by atoms with Crippen molar-refractivity contribution in [1.82, 2.24) is 4.90 Å². The van der Waals surface area contributed by atoms with E-state index in [1.165, 1.54) is 0 Å². The van der Waals surface area contributed by atoms with E-state index in [2.05, 4.69) is 0 Å². The summed E-state index contributed by atoms with van der Waals surface area (Å²) in [6.45, 7) is 0. The highest BCUT2D eigenvalue weighted by Crippen LogP contribution is 2.28. The van der Waals surface area contributed by atoms with Crippen LogP contribution >= 0.6 is 23.6 Å². The summed E-state index contributed by atoms with van der Waals surface area (Å²) >= 11 is 6.98. The molecule has 3 rings (SSSR count). The largest absolute Gasteiger partial charge is 0.317 e. The van der Waals surface area contributed by atoms with E-state index in [0.717, 1.165) is 10.6 Å². The molecule has 100 valence electrons. The maximum atomic E-state index is 12.6. The standard InChI is InChI=1S/C15H12N2OS2/c1-16-13(10-12-8-5-9-20-12)14(18)17(15(16)19)11-6-3-2-4-7-11/h2-10H,1H3. The van der Waals surface area contributed by atoms with Crippen LogP contribution in [0.5, 0.6) is 0 Å². The third kappa shape index (κ3) is 2.15. The number of likely N-dealkylation sites (N-methyl/N-ethyl adjacent to an activating group) is 1. The van der Waals surface area contributed by atoms with E-state index in [9.17, 15) is 4.79 Å². The Morgan fingerprint density at radius 3 is 2.55 bits per heavy atom. The lowest BCUT2D eigenvalue weighted by atomic mass is 10.3. The summed E-state index contributed by atoms with van der Waals surface area (Å²) in [5.74, 6) is -0.0860. The zero-order chi connectivity index (χ0) is 14.1. The molecular formula is C15H12N2OS2. The van der Waals surface area contributed by atoms with Crippen LogP contribution < -0.4 is 4.90 Å². The van der Waals surface area contributed by atoms with E-state index in [4.69, 9.17) is 12.2 Å². The lowest BCUT2D eigenvalue weighted by Crippen LogP contribution is -2.30. The molecule has 1 amide bonds. The van der Waals surface area contributed by atoms with Gasteiger partial charge in [-0.15, -0.1) is 11.3 Å². The van der Waals surface area contributed by atoms with Gasteiger partial charge in [0.05, 0.1) is 5.69 Å². The van der Waals surface area contributed by atoms with Crippen LogP contribution in [0.3, 0.4) is 0 Å². The van der Waals surface area contributed by atoms with Crippen molar-refractivity contribution >= 4 is 46.3 Å². The maximum Gasteiger partial charge on any atom is 0.281 e. The second kappa shape index (κ2) is 5.19. The summed E-state index contributed by atoms with van der Waals surface area (Å²) in [6.07, 6.45) is 1.88. The molecule has 1 aliphatic rings. The fourth-order valence-corrected chi connectivity index (χ4v) is 3.01. The van der Waals surface area contributed by atoms with Crippen LogP contribution in [0.2, 0.25) is 0 Å². The molecule has 5 heteroatoms. The molecular weight excluding hydrogens is 288 g/mol. The van der Waals surface area contributed by atoms with E-state index in [1.54, 1.807) is 21.1 Å². The molecule has 1 aromatic heterocycles. The van der Waals surface area contributed by atoms with Crippen molar-refractivity contribution in [3.05, 3.63) is 58.4 Å². The molecule has 0 unspecified atom stereocenters. The summed E-state index contributed by atoms with van der Waals surface area (Å²) in [5, 5.41) is 2.49. The van der Waals surface area contributed by atoms with Crippen molar-refractivity contribution in [3.8, 4) is 0 Å². The van der Waals surface area contributed by atoms with Gasteiger partial charge in [0.25, 0.3) is 5.91 Å². The first-order chi connectivity index (χ1) is 9.68. The minimum atomic E-state index is -0.0860. The van der Waals surface area contributed by atoms with Crippen molar-refractivity contribution in [2.75, 3.05) is 11.9 Å². The van der Waals surface area contributed by atoms with Gasteiger partial charge in [-0.2, -0.15) is 0 Å². The fraction of sp³-hybridized carbons (Fsp3) is 0.0667. The lowest BCUT2D eigenvalue weighted by molar-refractivity contribution is -0.114. The van der Waals surface area contributed by atoms with E-state index in [0.29, 0.717) is 10.8 Å². The predicted octanol–water partition coefficient (Wildman–Crippen LogP) is 3.35. The van der Waals surface area contributed by atoms with Gasteiger partial charge in [0.15, 0.2) is 5.11 Å². The van der Waals surface area contributed by atoms with Crippen molar-refractivity contribution in [2.24, 2.45) is 0 Å². The van der Waals surface area contributed by atoms with Crippen LogP contribution in [0, 0.1) is 0 Å². The number of amides is 1. The van der Waals surface area contributed by atoms with Gasteiger partial charge in [-0.3, -0.25) is 9.69 Å². The number of thiocarbonyl (C=S) groups is 1. The maximum absolute atomic E-state index is 12.6. The molecule has 0 spiro atoms. The molecule has 1 fully saturated rings. The number of carbonyl (C=O) groups is 1. The van der Waals surface area contributed by atoms with E-state index in [1.807, 2.05) is 61.0 Å². The van der Waals surface area contributed by atoms with Gasteiger partial charge in [-0.05, 0) is 41.9 Å². The molecule has 0 radical (unpaired) electrons. The highest BCUT2D eigenvalue weighted by atomic mass is 32.1. The number of thiophene rings is 1. The normalized spacial score (nSPS) is 17.4. The zero-order valence-corrected chi connectivity index (χ0v) is 12.4. The summed E-state index contributed by atoms with van der Waals surface area (Å²) in [7, 11) is 1.82. The highest BCUT2D eigenvalue weighted by molar-refractivity contribution is 7.80. The van der Waals surface area contributed by atoms with Gasteiger partial charge in [0.1, 0.15) is 5.70 Å². The lowest BCUT2D eigenvalue weighted by Gasteiger charge is -2.16. The molecule has 1 aliphatic heterocycles. The van der Waals surface area contributed by atoms with Crippen LogP contribution in [-0.2, 0) is 4.79 Å². The van der Waals surface area contributed by atoms with Crippen molar-refractivity contribution in [2.45, 2.75) is 0 Å². The van der Waals surface area contributed by atoms with Gasteiger partial charge in [-0.1, -0.05) is 24.3 Å². The second-order valence-corrected chi connectivity index (χ2v) is 5.71. The predicted molar refractivity (Wildman–Crippen MR) is 86.6 cm³/mol. The Morgan fingerprint density at radius 2 is 1.90 bits per heavy atom.